The van der Waals surface area contributed by atoms with E-state index in [0.717, 1.165) is 18.2 Å². The van der Waals surface area contributed by atoms with Gasteiger partial charge in [-0.1, -0.05) is 65.0 Å². The first-order chi connectivity index (χ1) is 23.1. The van der Waals surface area contributed by atoms with Crippen molar-refractivity contribution >= 4 is 40.0 Å². The van der Waals surface area contributed by atoms with Gasteiger partial charge in [0.2, 0.25) is 17.7 Å². The highest BCUT2D eigenvalue weighted by molar-refractivity contribution is 7.09. The minimum absolute atomic E-state index is 0.0714. The molecule has 4 aromatic rings. The van der Waals surface area contributed by atoms with Crippen LogP contribution in [-0.2, 0) is 46.2 Å². The average molecular weight is 700 g/mol. The van der Waals surface area contributed by atoms with Gasteiger partial charge < -0.3 is 20.9 Å². The molecule has 5 rings (SSSR count). The van der Waals surface area contributed by atoms with E-state index in [1.807, 2.05) is 26.2 Å². The standard InChI is InChI=1S/C36H41F4N5O3S/c1-6-22-18-49-33(41-22)30(20(4)5)44-34(48)35(15-14-27-24(17-35)23-11-9-12-25(31(23)42-27)36(38,39)40)45-32(47)29(19(2)3)43-28(46)16-21-10-7-8-13-26(21)37/h7-13,18-20,29-30,42H,6,14-17H2,1-5H3,(H,43,46)(H,44,48)(H,45,47)/t29-,30-,35+/m0/s1. The first-order valence-electron chi connectivity index (χ1n) is 16.4. The van der Waals surface area contributed by atoms with Gasteiger partial charge in [-0.25, -0.2) is 9.37 Å². The summed E-state index contributed by atoms with van der Waals surface area (Å²) in [6, 6.07) is 8.20. The van der Waals surface area contributed by atoms with Crippen molar-refractivity contribution in [2.24, 2.45) is 11.8 Å². The normalized spacial score (nSPS) is 17.5. The summed E-state index contributed by atoms with van der Waals surface area (Å²) in [5, 5.41) is 11.7. The molecule has 0 aliphatic heterocycles. The molecule has 0 bridgehead atoms. The Kier molecular flexibility index (Phi) is 10.5. The maximum atomic E-state index is 14.5. The van der Waals surface area contributed by atoms with Crippen LogP contribution in [0, 0.1) is 17.7 Å². The first-order valence-corrected chi connectivity index (χ1v) is 17.3. The number of para-hydroxylation sites is 1. The topological polar surface area (TPSA) is 116 Å². The minimum Gasteiger partial charge on any atom is -0.358 e. The maximum absolute atomic E-state index is 14.5. The van der Waals surface area contributed by atoms with Crippen LogP contribution >= 0.6 is 11.3 Å². The van der Waals surface area contributed by atoms with E-state index in [1.165, 1.54) is 35.6 Å². The highest BCUT2D eigenvalue weighted by Gasteiger charge is 2.47. The van der Waals surface area contributed by atoms with Gasteiger partial charge in [0.1, 0.15) is 22.4 Å². The van der Waals surface area contributed by atoms with E-state index in [2.05, 4.69) is 25.9 Å². The summed E-state index contributed by atoms with van der Waals surface area (Å²) in [6.07, 6.45) is -3.99. The van der Waals surface area contributed by atoms with Crippen LogP contribution in [0.1, 0.15) is 80.2 Å². The zero-order valence-electron chi connectivity index (χ0n) is 28.1. The summed E-state index contributed by atoms with van der Waals surface area (Å²) in [6.45, 7) is 9.35. The Morgan fingerprint density at radius 3 is 2.39 bits per heavy atom. The molecule has 49 heavy (non-hydrogen) atoms. The summed E-state index contributed by atoms with van der Waals surface area (Å²) in [5.74, 6) is -2.74. The van der Waals surface area contributed by atoms with Crippen molar-refractivity contribution < 1.29 is 31.9 Å². The number of aryl methyl sites for hydroxylation is 2. The van der Waals surface area contributed by atoms with Crippen LogP contribution in [0.25, 0.3) is 10.9 Å². The van der Waals surface area contributed by atoms with E-state index >= 15 is 0 Å². The molecule has 1 aliphatic rings. The zero-order chi connectivity index (χ0) is 35.7. The molecular weight excluding hydrogens is 658 g/mol. The second kappa shape index (κ2) is 14.3. The molecule has 0 saturated heterocycles. The summed E-state index contributed by atoms with van der Waals surface area (Å²) in [5.41, 5.74) is -0.328. The molecule has 0 saturated carbocycles. The number of aromatic nitrogens is 2. The molecule has 0 radical (unpaired) electrons. The smallest absolute Gasteiger partial charge is 0.358 e. The number of alkyl halides is 3. The van der Waals surface area contributed by atoms with Crippen molar-refractivity contribution in [3.63, 3.8) is 0 Å². The van der Waals surface area contributed by atoms with Gasteiger partial charge in [0, 0.05) is 22.9 Å². The summed E-state index contributed by atoms with van der Waals surface area (Å²) in [7, 11) is 0. The molecule has 0 spiro atoms. The van der Waals surface area contributed by atoms with Gasteiger partial charge in [0.25, 0.3) is 0 Å². The number of amides is 3. The molecule has 3 atom stereocenters. The van der Waals surface area contributed by atoms with Gasteiger partial charge in [-0.15, -0.1) is 11.3 Å². The first kappa shape index (κ1) is 36.0. The Labute approximate surface area is 286 Å². The number of carbonyl (C=O) groups excluding carboxylic acids is 3. The lowest BCUT2D eigenvalue weighted by molar-refractivity contribution is -0.137. The number of rotatable bonds is 11. The molecule has 1 aliphatic carbocycles. The van der Waals surface area contributed by atoms with Gasteiger partial charge in [0.05, 0.1) is 29.2 Å². The number of H-pyrrole nitrogens is 1. The number of halogens is 4. The van der Waals surface area contributed by atoms with Crippen molar-refractivity contribution in [1.82, 2.24) is 25.9 Å². The van der Waals surface area contributed by atoms with Crippen LogP contribution in [0.15, 0.2) is 47.8 Å². The number of nitrogens with zero attached hydrogens (tertiary/aromatic N) is 1. The number of benzene rings is 2. The van der Waals surface area contributed by atoms with Crippen molar-refractivity contribution in [2.75, 3.05) is 0 Å². The molecule has 13 heteroatoms. The van der Waals surface area contributed by atoms with Crippen molar-refractivity contribution in [1.29, 1.82) is 0 Å². The Balaban J connectivity index is 1.50. The monoisotopic (exact) mass is 699 g/mol. The SMILES string of the molecule is CCc1csc([C@@H](NC(=O)[C@@]2(NC(=O)[C@@H](NC(=O)Cc3ccccc3F)C(C)C)CCc3[nH]c4c(C(F)(F)F)cccc4c3C2)C(C)C)n1. The molecular formula is C36H41F4N5O3S. The maximum Gasteiger partial charge on any atom is 0.418 e. The lowest BCUT2D eigenvalue weighted by Crippen LogP contribution is -2.65. The quantitative estimate of drug-likeness (QED) is 0.132. The number of aromatic amines is 1. The van der Waals surface area contributed by atoms with Crippen LogP contribution < -0.4 is 16.0 Å². The molecule has 0 fully saturated rings. The molecule has 3 amide bonds. The summed E-state index contributed by atoms with van der Waals surface area (Å²) >= 11 is 1.43. The molecule has 262 valence electrons. The van der Waals surface area contributed by atoms with Crippen LogP contribution in [0.5, 0.6) is 0 Å². The van der Waals surface area contributed by atoms with Gasteiger partial charge in [-0.05, 0) is 54.4 Å². The average Bonchev–Trinajstić information content (AvgIpc) is 3.67. The Hall–Kier alpha value is -4.26. The lowest BCUT2D eigenvalue weighted by atomic mass is 9.78. The summed E-state index contributed by atoms with van der Waals surface area (Å²) < 4.78 is 56.2. The highest BCUT2D eigenvalue weighted by atomic mass is 32.1. The fourth-order valence-electron chi connectivity index (χ4n) is 6.37. The molecule has 4 N–H and O–H groups in total. The van der Waals surface area contributed by atoms with E-state index in [-0.39, 0.29) is 42.7 Å². The predicted molar refractivity (Wildman–Crippen MR) is 180 cm³/mol. The molecule has 0 unspecified atom stereocenters. The fraction of sp³-hybridized carbons (Fsp3) is 0.444. The zero-order valence-corrected chi connectivity index (χ0v) is 28.9. The molecule has 2 aromatic carbocycles. The number of hydrogen-bond donors (Lipinski definition) is 4. The van der Waals surface area contributed by atoms with Gasteiger partial charge in [-0.2, -0.15) is 13.2 Å². The Bertz CT molecular complexity index is 1850. The second-order valence-electron chi connectivity index (χ2n) is 13.3. The van der Waals surface area contributed by atoms with Crippen molar-refractivity contribution in [3.05, 3.63) is 86.7 Å². The Morgan fingerprint density at radius 2 is 1.76 bits per heavy atom. The van der Waals surface area contributed by atoms with E-state index in [0.29, 0.717) is 21.7 Å². The lowest BCUT2D eigenvalue weighted by Gasteiger charge is -2.39. The van der Waals surface area contributed by atoms with E-state index in [4.69, 9.17) is 0 Å². The van der Waals surface area contributed by atoms with Crippen LogP contribution in [-0.4, -0.2) is 39.3 Å². The fourth-order valence-corrected chi connectivity index (χ4v) is 7.50. The third-order valence-electron chi connectivity index (χ3n) is 9.14. The van der Waals surface area contributed by atoms with E-state index in [9.17, 15) is 31.9 Å². The molecule has 8 nitrogen and oxygen atoms in total. The van der Waals surface area contributed by atoms with Gasteiger partial charge in [-0.3, -0.25) is 14.4 Å². The molecule has 2 aromatic heterocycles. The minimum atomic E-state index is -4.60. The predicted octanol–water partition coefficient (Wildman–Crippen LogP) is 6.59. The van der Waals surface area contributed by atoms with Crippen LogP contribution in [0.3, 0.4) is 0 Å². The third-order valence-corrected chi connectivity index (χ3v) is 10.1. The van der Waals surface area contributed by atoms with Gasteiger partial charge >= 0.3 is 6.18 Å². The summed E-state index contributed by atoms with van der Waals surface area (Å²) in [4.78, 5) is 49.3. The van der Waals surface area contributed by atoms with Gasteiger partial charge in [0.15, 0.2) is 0 Å². The van der Waals surface area contributed by atoms with Crippen molar-refractivity contribution in [3.8, 4) is 0 Å². The third kappa shape index (κ3) is 7.66. The van der Waals surface area contributed by atoms with E-state index in [1.54, 1.807) is 26.0 Å². The number of hydrogen-bond acceptors (Lipinski definition) is 5. The Morgan fingerprint density at radius 1 is 1.02 bits per heavy atom. The highest BCUT2D eigenvalue weighted by Crippen LogP contribution is 2.40. The van der Waals surface area contributed by atoms with Crippen molar-refractivity contribution in [2.45, 2.75) is 90.5 Å². The van der Waals surface area contributed by atoms with E-state index < -0.39 is 58.8 Å². The number of carbonyl (C=O) groups is 3. The number of fused-ring (bicyclic) bond motifs is 3. The number of thiazole rings is 1. The van der Waals surface area contributed by atoms with Crippen LogP contribution in [0.4, 0.5) is 17.6 Å². The molecule has 2 heterocycles. The number of nitrogens with one attached hydrogen (secondary N) is 4. The largest absolute Gasteiger partial charge is 0.418 e. The van der Waals surface area contributed by atoms with Crippen LogP contribution in [0.2, 0.25) is 0 Å². The second-order valence-corrected chi connectivity index (χ2v) is 14.2.